The van der Waals surface area contributed by atoms with Gasteiger partial charge in [0.15, 0.2) is 0 Å². The highest BCUT2D eigenvalue weighted by atomic mass is 32.1. The number of amides is 1. The van der Waals surface area contributed by atoms with E-state index in [1.54, 1.807) is 11.0 Å². The second-order valence-corrected chi connectivity index (χ2v) is 6.41. The van der Waals surface area contributed by atoms with Crippen molar-refractivity contribution in [3.63, 3.8) is 0 Å². The Morgan fingerprint density at radius 1 is 1.14 bits per heavy atom. The molecule has 2 aliphatic heterocycles. The molecule has 0 saturated heterocycles. The van der Waals surface area contributed by atoms with Crippen LogP contribution in [0, 0.1) is 0 Å². The molecule has 0 atom stereocenters. The largest absolute Gasteiger partial charge is 0.417 e. The fraction of sp³-hybridized carbons (Fsp3) is 0.312. The Morgan fingerprint density at radius 3 is 2.68 bits per heavy atom. The molecule has 6 heteroatoms. The molecule has 2 aliphatic rings. The van der Waals surface area contributed by atoms with E-state index in [1.807, 2.05) is 6.07 Å². The molecule has 0 saturated carbocycles. The number of anilines is 1. The first-order valence-corrected chi connectivity index (χ1v) is 7.99. The summed E-state index contributed by atoms with van der Waals surface area (Å²) in [5, 5.41) is 2.68. The van der Waals surface area contributed by atoms with Crippen molar-refractivity contribution in [3.05, 3.63) is 39.6 Å². The van der Waals surface area contributed by atoms with Gasteiger partial charge in [0.25, 0.3) is 0 Å². The van der Waals surface area contributed by atoms with Crippen molar-refractivity contribution in [1.82, 2.24) is 0 Å². The van der Waals surface area contributed by atoms with Crippen molar-refractivity contribution in [2.45, 2.75) is 25.4 Å². The number of hydrogen-bond donors (Lipinski definition) is 0. The smallest absolute Gasteiger partial charge is 0.312 e. The molecule has 1 aromatic heterocycles. The summed E-state index contributed by atoms with van der Waals surface area (Å²) in [5.74, 6) is 0.0504. The van der Waals surface area contributed by atoms with Gasteiger partial charge in [0.2, 0.25) is 5.91 Å². The number of nitrogens with zero attached hydrogens (tertiary/aromatic N) is 1. The van der Waals surface area contributed by atoms with E-state index in [2.05, 4.69) is 0 Å². The van der Waals surface area contributed by atoms with Gasteiger partial charge in [-0.25, -0.2) is 0 Å². The summed E-state index contributed by atoms with van der Waals surface area (Å²) in [4.78, 5) is 13.8. The van der Waals surface area contributed by atoms with Crippen LogP contribution in [0.15, 0.2) is 22.9 Å². The van der Waals surface area contributed by atoms with Crippen LogP contribution in [0.4, 0.5) is 18.9 Å². The maximum atomic E-state index is 13.1. The molecule has 0 unspecified atom stereocenters. The third-order valence-electron chi connectivity index (χ3n) is 4.29. The van der Waals surface area contributed by atoms with Crippen molar-refractivity contribution in [2.75, 3.05) is 11.4 Å². The quantitative estimate of drug-likeness (QED) is 0.767. The van der Waals surface area contributed by atoms with Crippen LogP contribution in [0.25, 0.3) is 11.1 Å². The van der Waals surface area contributed by atoms with Crippen molar-refractivity contribution in [2.24, 2.45) is 0 Å². The standard InChI is InChI=1S/C16H12F3NOS/c17-16(18,19)13-8-22-7-12(13)10-4-9-2-1-3-20-14(21)6-11(5-10)15(9)20/h4-5,7-8H,1-3,6H2. The van der Waals surface area contributed by atoms with Gasteiger partial charge in [-0.2, -0.15) is 24.5 Å². The molecule has 3 heterocycles. The third kappa shape index (κ3) is 1.97. The summed E-state index contributed by atoms with van der Waals surface area (Å²) in [6, 6.07) is 3.57. The number of halogens is 3. The van der Waals surface area contributed by atoms with Crippen LogP contribution in [0.5, 0.6) is 0 Å². The Hall–Kier alpha value is -1.82. The van der Waals surface area contributed by atoms with E-state index in [9.17, 15) is 18.0 Å². The van der Waals surface area contributed by atoms with E-state index in [1.165, 1.54) is 5.38 Å². The lowest BCUT2D eigenvalue weighted by Gasteiger charge is -2.26. The zero-order valence-electron chi connectivity index (χ0n) is 11.5. The normalized spacial score (nSPS) is 17.0. The molecule has 0 spiro atoms. The topological polar surface area (TPSA) is 20.3 Å². The zero-order chi connectivity index (χ0) is 15.5. The van der Waals surface area contributed by atoms with Gasteiger partial charge < -0.3 is 4.90 Å². The number of rotatable bonds is 1. The Bertz CT molecular complexity index is 778. The van der Waals surface area contributed by atoms with Crippen LogP contribution in [-0.2, 0) is 23.8 Å². The molecule has 114 valence electrons. The van der Waals surface area contributed by atoms with Gasteiger partial charge in [0.05, 0.1) is 17.7 Å². The van der Waals surface area contributed by atoms with Crippen molar-refractivity contribution in [1.29, 1.82) is 0 Å². The van der Waals surface area contributed by atoms with Gasteiger partial charge in [-0.1, -0.05) is 0 Å². The number of aryl methyl sites for hydroxylation is 1. The summed E-state index contributed by atoms with van der Waals surface area (Å²) in [7, 11) is 0. The van der Waals surface area contributed by atoms with Crippen LogP contribution < -0.4 is 4.90 Å². The lowest BCUT2D eigenvalue weighted by atomic mass is 9.93. The molecule has 1 aromatic carbocycles. The van der Waals surface area contributed by atoms with Gasteiger partial charge in [-0.3, -0.25) is 4.79 Å². The Kier molecular flexibility index (Phi) is 2.88. The third-order valence-corrected chi connectivity index (χ3v) is 5.03. The summed E-state index contributed by atoms with van der Waals surface area (Å²) < 4.78 is 39.3. The molecule has 0 fully saturated rings. The first-order valence-electron chi connectivity index (χ1n) is 7.05. The van der Waals surface area contributed by atoms with Crippen molar-refractivity contribution < 1.29 is 18.0 Å². The highest BCUT2D eigenvalue weighted by Gasteiger charge is 2.36. The molecular formula is C16H12F3NOS. The molecule has 0 N–H and O–H groups in total. The van der Waals surface area contributed by atoms with Crippen molar-refractivity contribution >= 4 is 22.9 Å². The van der Waals surface area contributed by atoms with E-state index >= 15 is 0 Å². The highest BCUT2D eigenvalue weighted by molar-refractivity contribution is 7.08. The van der Waals surface area contributed by atoms with Crippen LogP contribution in [0.3, 0.4) is 0 Å². The monoisotopic (exact) mass is 323 g/mol. The molecule has 1 amide bonds. The first-order chi connectivity index (χ1) is 10.4. The zero-order valence-corrected chi connectivity index (χ0v) is 12.4. The maximum absolute atomic E-state index is 13.1. The number of carbonyl (C=O) groups excluding carboxylic acids is 1. The fourth-order valence-corrected chi connectivity index (χ4v) is 4.24. The summed E-state index contributed by atoms with van der Waals surface area (Å²) in [6.45, 7) is 0.713. The number of thiophene rings is 1. The first kappa shape index (κ1) is 13.8. The van der Waals surface area contributed by atoms with Gasteiger partial charge >= 0.3 is 6.18 Å². The molecule has 22 heavy (non-hydrogen) atoms. The lowest BCUT2D eigenvalue weighted by molar-refractivity contribution is -0.136. The highest BCUT2D eigenvalue weighted by Crippen LogP contribution is 2.44. The predicted octanol–water partition coefficient (Wildman–Crippen LogP) is 4.27. The summed E-state index contributed by atoms with van der Waals surface area (Å²) in [6.07, 6.45) is -2.39. The van der Waals surface area contributed by atoms with Crippen LogP contribution in [-0.4, -0.2) is 12.5 Å². The number of benzene rings is 1. The van der Waals surface area contributed by atoms with E-state index in [-0.39, 0.29) is 11.5 Å². The maximum Gasteiger partial charge on any atom is 0.417 e. The number of hydrogen-bond acceptors (Lipinski definition) is 2. The molecule has 4 rings (SSSR count). The second kappa shape index (κ2) is 4.59. The van der Waals surface area contributed by atoms with Gasteiger partial charge in [0.1, 0.15) is 0 Å². The lowest BCUT2D eigenvalue weighted by Crippen LogP contribution is -2.31. The van der Waals surface area contributed by atoms with Gasteiger partial charge in [-0.15, -0.1) is 0 Å². The predicted molar refractivity (Wildman–Crippen MR) is 79.1 cm³/mol. The van der Waals surface area contributed by atoms with Gasteiger partial charge in [-0.05, 0) is 47.0 Å². The van der Waals surface area contributed by atoms with Crippen molar-refractivity contribution in [3.8, 4) is 11.1 Å². The Balaban J connectivity index is 1.88. The molecule has 0 bridgehead atoms. The van der Waals surface area contributed by atoms with E-state index in [4.69, 9.17) is 0 Å². The second-order valence-electron chi connectivity index (χ2n) is 5.67. The average molecular weight is 323 g/mol. The average Bonchev–Trinajstić information content (AvgIpc) is 3.05. The Labute approximate surface area is 129 Å². The minimum absolute atomic E-state index is 0.0504. The van der Waals surface area contributed by atoms with E-state index in [0.29, 0.717) is 18.5 Å². The SMILES string of the molecule is O=C1Cc2cc(-c3cscc3C(F)(F)F)cc3c2N1CCC3. The Morgan fingerprint density at radius 2 is 1.91 bits per heavy atom. The fourth-order valence-electron chi connectivity index (χ4n) is 3.37. The minimum atomic E-state index is -4.35. The summed E-state index contributed by atoms with van der Waals surface area (Å²) >= 11 is 1.05. The van der Waals surface area contributed by atoms with Crippen LogP contribution in [0.1, 0.15) is 23.1 Å². The molecule has 2 nitrogen and oxygen atoms in total. The molecule has 0 radical (unpaired) electrons. The van der Waals surface area contributed by atoms with Crippen LogP contribution in [0.2, 0.25) is 0 Å². The van der Waals surface area contributed by atoms with E-state index < -0.39 is 11.7 Å². The number of carbonyl (C=O) groups is 1. The number of alkyl halides is 3. The molecule has 2 aromatic rings. The molecule has 0 aliphatic carbocycles. The minimum Gasteiger partial charge on any atom is -0.312 e. The van der Waals surface area contributed by atoms with Crippen LogP contribution >= 0.6 is 11.3 Å². The summed E-state index contributed by atoms with van der Waals surface area (Å²) in [5.41, 5.74) is 2.97. The van der Waals surface area contributed by atoms with E-state index in [0.717, 1.165) is 46.4 Å². The van der Waals surface area contributed by atoms with Gasteiger partial charge in [0, 0.05) is 17.5 Å². The molecular weight excluding hydrogens is 311 g/mol.